The van der Waals surface area contributed by atoms with Crippen molar-refractivity contribution in [2.24, 2.45) is 0 Å². The number of hydrogen-bond donors (Lipinski definition) is 1. The van der Waals surface area contributed by atoms with Crippen LogP contribution in [0, 0.1) is 0 Å². The van der Waals surface area contributed by atoms with Crippen LogP contribution in [0.15, 0.2) is 24.3 Å². The lowest BCUT2D eigenvalue weighted by Gasteiger charge is -2.35. The number of methoxy groups -OCH3 is 1. The maximum atomic E-state index is 11.3. The van der Waals surface area contributed by atoms with Crippen LogP contribution < -0.4 is 4.74 Å². The van der Waals surface area contributed by atoms with E-state index >= 15 is 0 Å². The number of Topliss-reactive ketones (excluding diaryl/α,β-unsaturated/α-hetero) is 1. The smallest absolute Gasteiger partial charge is 0.132 e. The van der Waals surface area contributed by atoms with Gasteiger partial charge in [-0.25, -0.2) is 0 Å². The molecule has 0 bridgehead atoms. The summed E-state index contributed by atoms with van der Waals surface area (Å²) in [5.41, 5.74) is 0.869. The van der Waals surface area contributed by atoms with Crippen LogP contribution in [0.1, 0.15) is 31.2 Å². The quantitative estimate of drug-likeness (QED) is 0.870. The van der Waals surface area contributed by atoms with Crippen LogP contribution in [0.4, 0.5) is 0 Å². The first-order valence-electron chi connectivity index (χ1n) is 5.97. The van der Waals surface area contributed by atoms with E-state index in [1.54, 1.807) is 7.11 Å². The zero-order valence-corrected chi connectivity index (χ0v) is 10.1. The number of ether oxygens (including phenoxy) is 1. The van der Waals surface area contributed by atoms with Crippen molar-refractivity contribution in [1.29, 1.82) is 0 Å². The fourth-order valence-electron chi connectivity index (χ4n) is 2.49. The van der Waals surface area contributed by atoms with Crippen LogP contribution in [0.25, 0.3) is 0 Å². The van der Waals surface area contributed by atoms with E-state index in [0.717, 1.165) is 24.2 Å². The molecule has 1 aliphatic rings. The molecule has 1 saturated carbocycles. The average molecular weight is 234 g/mol. The third-order valence-electron chi connectivity index (χ3n) is 3.77. The first kappa shape index (κ1) is 12.1. The third kappa shape index (κ3) is 2.34. The minimum absolute atomic E-state index is 0.104. The molecule has 3 heteroatoms. The van der Waals surface area contributed by atoms with Crippen molar-refractivity contribution < 1.29 is 14.6 Å². The second-order valence-corrected chi connectivity index (χ2v) is 4.71. The molecule has 0 heterocycles. The highest BCUT2D eigenvalue weighted by Crippen LogP contribution is 2.38. The molecule has 17 heavy (non-hydrogen) atoms. The largest absolute Gasteiger partial charge is 0.497 e. The van der Waals surface area contributed by atoms with E-state index in [1.807, 2.05) is 24.3 Å². The van der Waals surface area contributed by atoms with Crippen molar-refractivity contribution in [3.63, 3.8) is 0 Å². The summed E-state index contributed by atoms with van der Waals surface area (Å²) in [5.74, 6) is 1.12. The van der Waals surface area contributed by atoms with Gasteiger partial charge in [-0.15, -0.1) is 0 Å². The lowest BCUT2D eigenvalue weighted by Crippen LogP contribution is -2.35. The minimum Gasteiger partial charge on any atom is -0.497 e. The van der Waals surface area contributed by atoms with Gasteiger partial charge in [-0.05, 0) is 30.5 Å². The fourth-order valence-corrected chi connectivity index (χ4v) is 2.49. The zero-order valence-electron chi connectivity index (χ0n) is 10.1. The van der Waals surface area contributed by atoms with Gasteiger partial charge < -0.3 is 9.84 Å². The van der Waals surface area contributed by atoms with Gasteiger partial charge >= 0.3 is 0 Å². The van der Waals surface area contributed by atoms with Gasteiger partial charge in [0.05, 0.1) is 13.7 Å². The Morgan fingerprint density at radius 3 is 2.29 bits per heavy atom. The SMILES string of the molecule is COc1ccc(C2(CO)CCC(=O)CC2)cc1. The van der Waals surface area contributed by atoms with E-state index in [2.05, 4.69) is 0 Å². The van der Waals surface area contributed by atoms with E-state index in [1.165, 1.54) is 0 Å². The summed E-state index contributed by atoms with van der Waals surface area (Å²) < 4.78 is 5.12. The van der Waals surface area contributed by atoms with Gasteiger partial charge in [0.15, 0.2) is 0 Å². The average Bonchev–Trinajstić information content (AvgIpc) is 2.40. The fraction of sp³-hybridized carbons (Fsp3) is 0.500. The molecular weight excluding hydrogens is 216 g/mol. The minimum atomic E-state index is -0.236. The van der Waals surface area contributed by atoms with E-state index in [-0.39, 0.29) is 12.0 Å². The number of ketones is 1. The zero-order chi connectivity index (χ0) is 12.3. The van der Waals surface area contributed by atoms with E-state index in [9.17, 15) is 9.90 Å². The summed E-state index contributed by atoms with van der Waals surface area (Å²) in [5, 5.41) is 9.67. The highest BCUT2D eigenvalue weighted by Gasteiger charge is 2.35. The predicted octanol–water partition coefficient (Wildman–Crippen LogP) is 2.07. The van der Waals surface area contributed by atoms with Gasteiger partial charge in [-0.1, -0.05) is 12.1 Å². The van der Waals surface area contributed by atoms with E-state index < -0.39 is 0 Å². The van der Waals surface area contributed by atoms with Crippen molar-refractivity contribution in [3.8, 4) is 5.75 Å². The van der Waals surface area contributed by atoms with Crippen molar-refractivity contribution in [2.75, 3.05) is 13.7 Å². The van der Waals surface area contributed by atoms with Gasteiger partial charge in [0, 0.05) is 18.3 Å². The molecule has 1 N–H and O–H groups in total. The molecular formula is C14H18O3. The summed E-state index contributed by atoms with van der Waals surface area (Å²) in [6.45, 7) is 0.104. The Morgan fingerprint density at radius 1 is 1.24 bits per heavy atom. The highest BCUT2D eigenvalue weighted by atomic mass is 16.5. The standard InChI is InChI=1S/C14H18O3/c1-17-13-4-2-11(3-5-13)14(10-15)8-6-12(16)7-9-14/h2-5,15H,6-10H2,1H3. The maximum absolute atomic E-state index is 11.3. The van der Waals surface area contributed by atoms with Crippen LogP contribution in [0.3, 0.4) is 0 Å². The molecule has 0 spiro atoms. The Morgan fingerprint density at radius 2 is 1.82 bits per heavy atom. The molecule has 3 nitrogen and oxygen atoms in total. The van der Waals surface area contributed by atoms with Crippen LogP contribution >= 0.6 is 0 Å². The molecule has 0 saturated heterocycles. The Hall–Kier alpha value is -1.35. The molecule has 1 aromatic rings. The number of benzene rings is 1. The van der Waals surface area contributed by atoms with Gasteiger partial charge in [-0.2, -0.15) is 0 Å². The number of hydrogen-bond acceptors (Lipinski definition) is 3. The second-order valence-electron chi connectivity index (χ2n) is 4.71. The summed E-state index contributed by atoms with van der Waals surface area (Å²) in [7, 11) is 1.64. The molecule has 92 valence electrons. The van der Waals surface area contributed by atoms with Gasteiger partial charge in [0.2, 0.25) is 0 Å². The molecule has 1 fully saturated rings. The lowest BCUT2D eigenvalue weighted by molar-refractivity contribution is -0.121. The predicted molar refractivity (Wildman–Crippen MR) is 65.2 cm³/mol. The topological polar surface area (TPSA) is 46.5 Å². The molecule has 0 amide bonds. The molecule has 0 atom stereocenters. The number of aliphatic hydroxyl groups excluding tert-OH is 1. The summed E-state index contributed by atoms with van der Waals surface area (Å²) in [4.78, 5) is 11.3. The summed E-state index contributed by atoms with van der Waals surface area (Å²) >= 11 is 0. The Bertz CT molecular complexity index is 384. The van der Waals surface area contributed by atoms with Crippen molar-refractivity contribution in [3.05, 3.63) is 29.8 Å². The maximum Gasteiger partial charge on any atom is 0.132 e. The normalized spacial score (nSPS) is 19.1. The van der Waals surface area contributed by atoms with Gasteiger partial charge in [0.25, 0.3) is 0 Å². The van der Waals surface area contributed by atoms with Gasteiger partial charge in [-0.3, -0.25) is 4.79 Å². The van der Waals surface area contributed by atoms with Crippen molar-refractivity contribution in [1.82, 2.24) is 0 Å². The van der Waals surface area contributed by atoms with Gasteiger partial charge in [0.1, 0.15) is 11.5 Å². The first-order chi connectivity index (χ1) is 8.20. The highest BCUT2D eigenvalue weighted by molar-refractivity contribution is 5.79. The summed E-state index contributed by atoms with van der Waals surface area (Å²) in [6.07, 6.45) is 2.64. The Labute approximate surface area is 101 Å². The second kappa shape index (κ2) is 4.88. The molecule has 0 radical (unpaired) electrons. The number of carbonyl (C=O) groups excluding carboxylic acids is 1. The monoisotopic (exact) mass is 234 g/mol. The number of carbonyl (C=O) groups is 1. The Kier molecular flexibility index (Phi) is 3.48. The Balaban J connectivity index is 2.24. The summed E-state index contributed by atoms with van der Waals surface area (Å²) in [6, 6.07) is 7.79. The van der Waals surface area contributed by atoms with E-state index in [0.29, 0.717) is 18.6 Å². The molecule has 0 aromatic heterocycles. The molecule has 0 unspecified atom stereocenters. The van der Waals surface area contributed by atoms with Crippen LogP contribution in [-0.4, -0.2) is 24.6 Å². The van der Waals surface area contributed by atoms with E-state index in [4.69, 9.17) is 4.74 Å². The first-order valence-corrected chi connectivity index (χ1v) is 5.97. The van der Waals surface area contributed by atoms with Crippen LogP contribution in [0.5, 0.6) is 5.75 Å². The van der Waals surface area contributed by atoms with Crippen LogP contribution in [0.2, 0.25) is 0 Å². The third-order valence-corrected chi connectivity index (χ3v) is 3.77. The number of rotatable bonds is 3. The molecule has 2 rings (SSSR count). The van der Waals surface area contributed by atoms with Crippen LogP contribution in [-0.2, 0) is 10.2 Å². The lowest BCUT2D eigenvalue weighted by atomic mass is 9.70. The van der Waals surface area contributed by atoms with Crippen molar-refractivity contribution >= 4 is 5.78 Å². The van der Waals surface area contributed by atoms with Crippen molar-refractivity contribution in [2.45, 2.75) is 31.1 Å². The molecule has 0 aliphatic heterocycles. The molecule has 1 aromatic carbocycles. The molecule has 1 aliphatic carbocycles. The number of aliphatic hydroxyl groups is 1.